The first-order valence-corrected chi connectivity index (χ1v) is 11.2. The number of likely N-dealkylation sites (tertiary alicyclic amines) is 1. The molecule has 2 aromatic rings. The van der Waals surface area contributed by atoms with Gasteiger partial charge >= 0.3 is 0 Å². The summed E-state index contributed by atoms with van der Waals surface area (Å²) in [4.78, 5) is 15.0. The van der Waals surface area contributed by atoms with E-state index in [2.05, 4.69) is 10.2 Å². The summed E-state index contributed by atoms with van der Waals surface area (Å²) in [6.07, 6.45) is 2.93. The third kappa shape index (κ3) is 5.54. The van der Waals surface area contributed by atoms with Gasteiger partial charge in [-0.15, -0.1) is 0 Å². The minimum Gasteiger partial charge on any atom is -0.349 e. The van der Waals surface area contributed by atoms with Crippen LogP contribution in [0.1, 0.15) is 28.8 Å². The maximum atomic E-state index is 12.4. The van der Waals surface area contributed by atoms with Crippen LogP contribution < -0.4 is 5.32 Å². The summed E-state index contributed by atoms with van der Waals surface area (Å²) < 4.78 is 23.0. The monoisotopic (exact) mass is 406 g/mol. The van der Waals surface area contributed by atoms with E-state index in [1.807, 2.05) is 24.3 Å². The molecule has 1 saturated heterocycles. The van der Waals surface area contributed by atoms with Crippen molar-refractivity contribution in [3.8, 4) is 0 Å². The van der Waals surface area contributed by atoms with E-state index >= 15 is 0 Å². The Balaban J connectivity index is 1.50. The molecule has 1 amide bonds. The van der Waals surface area contributed by atoms with Crippen molar-refractivity contribution in [1.82, 2.24) is 10.2 Å². The first kappa shape index (κ1) is 19.9. The fourth-order valence-electron chi connectivity index (χ4n) is 3.21. The number of nitrogens with one attached hydrogen (secondary N) is 1. The number of hydrogen-bond donors (Lipinski definition) is 1. The lowest BCUT2D eigenvalue weighted by molar-refractivity contribution is 0.0909. The quantitative estimate of drug-likeness (QED) is 0.828. The third-order valence-electron chi connectivity index (χ3n) is 4.79. The van der Waals surface area contributed by atoms with E-state index in [-0.39, 0.29) is 16.8 Å². The normalized spacial score (nSPS) is 16.2. The van der Waals surface area contributed by atoms with Crippen molar-refractivity contribution in [2.24, 2.45) is 0 Å². The van der Waals surface area contributed by atoms with Crippen LogP contribution in [0.2, 0.25) is 5.02 Å². The number of carbonyl (C=O) groups excluding carboxylic acids is 1. The molecule has 1 fully saturated rings. The number of hydrogen-bond acceptors (Lipinski definition) is 4. The van der Waals surface area contributed by atoms with Gasteiger partial charge in [0, 0.05) is 42.5 Å². The summed E-state index contributed by atoms with van der Waals surface area (Å²) in [6, 6.07) is 14.1. The second-order valence-corrected chi connectivity index (χ2v) is 9.40. The summed E-state index contributed by atoms with van der Waals surface area (Å²) in [7, 11) is -3.25. The Labute approximate surface area is 165 Å². The van der Waals surface area contributed by atoms with Gasteiger partial charge in [0.05, 0.1) is 4.90 Å². The summed E-state index contributed by atoms with van der Waals surface area (Å²) in [5.41, 5.74) is 1.71. The van der Waals surface area contributed by atoms with Crippen LogP contribution >= 0.6 is 11.6 Å². The molecule has 3 rings (SSSR count). The van der Waals surface area contributed by atoms with Gasteiger partial charge in [-0.1, -0.05) is 23.7 Å². The predicted octanol–water partition coefficient (Wildman–Crippen LogP) is 3.14. The molecule has 0 aliphatic carbocycles. The first-order valence-electron chi connectivity index (χ1n) is 8.89. The van der Waals surface area contributed by atoms with Gasteiger partial charge in [0.2, 0.25) is 0 Å². The predicted molar refractivity (Wildman–Crippen MR) is 107 cm³/mol. The highest BCUT2D eigenvalue weighted by Crippen LogP contribution is 2.17. The Morgan fingerprint density at radius 2 is 1.67 bits per heavy atom. The number of sulfone groups is 1. The molecule has 0 saturated carbocycles. The highest BCUT2D eigenvalue weighted by atomic mass is 35.5. The maximum Gasteiger partial charge on any atom is 0.251 e. The number of carbonyl (C=O) groups is 1. The molecule has 144 valence electrons. The van der Waals surface area contributed by atoms with Crippen LogP contribution in [-0.4, -0.2) is 44.6 Å². The van der Waals surface area contributed by atoms with E-state index in [4.69, 9.17) is 11.6 Å². The van der Waals surface area contributed by atoms with E-state index in [0.717, 1.165) is 43.8 Å². The number of halogens is 1. The van der Waals surface area contributed by atoms with Gasteiger partial charge in [0.25, 0.3) is 5.91 Å². The minimum absolute atomic E-state index is 0.133. The van der Waals surface area contributed by atoms with Crippen LogP contribution in [0.15, 0.2) is 53.4 Å². The number of rotatable bonds is 5. The lowest BCUT2D eigenvalue weighted by atomic mass is 10.0. The molecule has 5 nitrogen and oxygen atoms in total. The Morgan fingerprint density at radius 3 is 2.22 bits per heavy atom. The average Bonchev–Trinajstić information content (AvgIpc) is 2.64. The van der Waals surface area contributed by atoms with Crippen molar-refractivity contribution in [3.05, 3.63) is 64.7 Å². The Morgan fingerprint density at radius 1 is 1.07 bits per heavy atom. The second-order valence-electron chi connectivity index (χ2n) is 6.95. The van der Waals surface area contributed by atoms with Crippen LogP contribution in [0.25, 0.3) is 0 Å². The summed E-state index contributed by atoms with van der Waals surface area (Å²) in [6.45, 7) is 2.71. The second kappa shape index (κ2) is 8.42. The van der Waals surface area contributed by atoms with E-state index in [1.54, 1.807) is 12.1 Å². The molecule has 1 heterocycles. The van der Waals surface area contributed by atoms with Crippen LogP contribution in [0.4, 0.5) is 0 Å². The third-order valence-corrected chi connectivity index (χ3v) is 6.17. The van der Waals surface area contributed by atoms with Crippen molar-refractivity contribution in [3.63, 3.8) is 0 Å². The molecule has 2 aromatic carbocycles. The summed E-state index contributed by atoms with van der Waals surface area (Å²) in [5, 5.41) is 3.79. The van der Waals surface area contributed by atoms with Gasteiger partial charge in [0.15, 0.2) is 9.84 Å². The van der Waals surface area contributed by atoms with E-state index in [0.29, 0.717) is 5.56 Å². The molecule has 0 unspecified atom stereocenters. The van der Waals surface area contributed by atoms with Crippen molar-refractivity contribution in [2.45, 2.75) is 30.3 Å². The van der Waals surface area contributed by atoms with E-state index < -0.39 is 9.84 Å². The fraction of sp³-hybridized carbons (Fsp3) is 0.350. The van der Waals surface area contributed by atoms with Gasteiger partial charge in [-0.25, -0.2) is 8.42 Å². The van der Waals surface area contributed by atoms with E-state index in [9.17, 15) is 13.2 Å². The molecule has 7 heteroatoms. The number of amides is 1. The smallest absolute Gasteiger partial charge is 0.251 e. The molecule has 0 aromatic heterocycles. The Bertz CT molecular complexity index is 888. The van der Waals surface area contributed by atoms with Gasteiger partial charge in [-0.2, -0.15) is 0 Å². The number of piperidine rings is 1. The molecular weight excluding hydrogens is 384 g/mol. The topological polar surface area (TPSA) is 66.5 Å². The van der Waals surface area contributed by atoms with Crippen molar-refractivity contribution in [2.75, 3.05) is 19.3 Å². The van der Waals surface area contributed by atoms with Gasteiger partial charge in [-0.3, -0.25) is 9.69 Å². The summed E-state index contributed by atoms with van der Waals surface area (Å²) in [5.74, 6) is -0.161. The molecule has 0 radical (unpaired) electrons. The maximum absolute atomic E-state index is 12.4. The zero-order chi connectivity index (χ0) is 19.4. The first-order chi connectivity index (χ1) is 12.8. The molecular formula is C20H23ClN2O3S. The number of nitrogens with zero attached hydrogens (tertiary/aromatic N) is 1. The number of benzene rings is 2. The SMILES string of the molecule is CS(=O)(=O)c1ccc(C(=O)NC2CCN(Cc3ccc(Cl)cc3)CC2)cc1. The summed E-state index contributed by atoms with van der Waals surface area (Å²) >= 11 is 5.92. The largest absolute Gasteiger partial charge is 0.349 e. The zero-order valence-electron chi connectivity index (χ0n) is 15.2. The minimum atomic E-state index is -3.25. The Hall–Kier alpha value is -1.89. The zero-order valence-corrected chi connectivity index (χ0v) is 16.8. The standard InChI is InChI=1S/C20H23ClN2O3S/c1-27(25,26)19-8-4-16(5-9-19)20(24)22-18-10-12-23(13-11-18)14-15-2-6-17(21)7-3-15/h2-9,18H,10-14H2,1H3,(H,22,24). The lowest BCUT2D eigenvalue weighted by Gasteiger charge is -2.32. The van der Waals surface area contributed by atoms with Gasteiger partial charge in [0.1, 0.15) is 0 Å². The average molecular weight is 407 g/mol. The van der Waals surface area contributed by atoms with Crippen molar-refractivity contribution in [1.29, 1.82) is 0 Å². The van der Waals surface area contributed by atoms with Crippen LogP contribution in [0, 0.1) is 0 Å². The molecule has 27 heavy (non-hydrogen) atoms. The van der Waals surface area contributed by atoms with Gasteiger partial charge in [-0.05, 0) is 54.8 Å². The van der Waals surface area contributed by atoms with Crippen LogP contribution in [0.3, 0.4) is 0 Å². The van der Waals surface area contributed by atoms with Crippen LogP contribution in [-0.2, 0) is 16.4 Å². The molecule has 1 aliphatic rings. The van der Waals surface area contributed by atoms with Crippen LogP contribution in [0.5, 0.6) is 0 Å². The van der Waals surface area contributed by atoms with Crippen molar-refractivity contribution < 1.29 is 13.2 Å². The molecule has 1 aliphatic heterocycles. The molecule has 0 spiro atoms. The molecule has 1 N–H and O–H groups in total. The van der Waals surface area contributed by atoms with Crippen molar-refractivity contribution >= 4 is 27.3 Å². The van der Waals surface area contributed by atoms with E-state index in [1.165, 1.54) is 17.7 Å². The van der Waals surface area contributed by atoms with Gasteiger partial charge < -0.3 is 5.32 Å². The molecule has 0 atom stereocenters. The lowest BCUT2D eigenvalue weighted by Crippen LogP contribution is -2.44. The highest BCUT2D eigenvalue weighted by molar-refractivity contribution is 7.90. The Kier molecular flexibility index (Phi) is 6.19. The highest BCUT2D eigenvalue weighted by Gasteiger charge is 2.21. The fourth-order valence-corrected chi connectivity index (χ4v) is 3.96. The molecule has 0 bridgehead atoms.